The van der Waals surface area contributed by atoms with E-state index in [1.54, 1.807) is 50.6 Å². The molecule has 0 saturated heterocycles. The smallest absolute Gasteiger partial charge is 0.319 e. The van der Waals surface area contributed by atoms with E-state index < -0.39 is 0 Å². The van der Waals surface area contributed by atoms with E-state index in [1.165, 1.54) is 6.33 Å². The van der Waals surface area contributed by atoms with Crippen molar-refractivity contribution in [3.8, 4) is 17.2 Å². The minimum absolute atomic E-state index is 0.0818. The number of nitrogens with zero attached hydrogens (tertiary/aromatic N) is 2. The number of ether oxygens (including phenoxy) is 3. The fourth-order valence-corrected chi connectivity index (χ4v) is 3.36. The molecule has 0 aliphatic carbocycles. The van der Waals surface area contributed by atoms with E-state index in [4.69, 9.17) is 19.6 Å². The molecule has 0 saturated carbocycles. The van der Waals surface area contributed by atoms with Gasteiger partial charge in [-0.1, -0.05) is 0 Å². The summed E-state index contributed by atoms with van der Waals surface area (Å²) < 4.78 is 16.3. The Labute approximate surface area is 193 Å². The van der Waals surface area contributed by atoms with Crippen LogP contribution in [0.3, 0.4) is 0 Å². The normalized spacial score (nSPS) is 11.7. The number of fused-ring (bicyclic) bond motifs is 1. The number of methoxy groups -OCH3 is 2. The van der Waals surface area contributed by atoms with Gasteiger partial charge < -0.3 is 30.3 Å². The SMILES string of the molecule is COc1cc2ncnc(C(=N)CC(C)NC(=O)Nc3ccc(OC(C)C)cc3)c2cc1OC. The second-order valence-electron chi connectivity index (χ2n) is 7.82. The lowest BCUT2D eigenvalue weighted by Gasteiger charge is -2.16. The van der Waals surface area contributed by atoms with Crippen LogP contribution >= 0.6 is 0 Å². The molecule has 0 aliphatic heterocycles. The van der Waals surface area contributed by atoms with Crippen LogP contribution in [0.15, 0.2) is 42.7 Å². The number of hydrogen-bond donors (Lipinski definition) is 3. The average molecular weight is 452 g/mol. The molecular formula is C24H29N5O4. The van der Waals surface area contributed by atoms with Crippen molar-refractivity contribution in [3.05, 3.63) is 48.4 Å². The Morgan fingerprint density at radius 2 is 1.70 bits per heavy atom. The van der Waals surface area contributed by atoms with E-state index in [-0.39, 0.29) is 30.3 Å². The fraction of sp³-hybridized carbons (Fsp3) is 0.333. The first-order valence-corrected chi connectivity index (χ1v) is 10.6. The zero-order chi connectivity index (χ0) is 24.0. The largest absolute Gasteiger partial charge is 0.493 e. The van der Waals surface area contributed by atoms with Gasteiger partial charge in [-0.15, -0.1) is 0 Å². The van der Waals surface area contributed by atoms with Crippen molar-refractivity contribution in [1.82, 2.24) is 15.3 Å². The van der Waals surface area contributed by atoms with Gasteiger partial charge in [0.15, 0.2) is 11.5 Å². The molecule has 0 fully saturated rings. The van der Waals surface area contributed by atoms with Crippen LogP contribution in [0.5, 0.6) is 17.2 Å². The van der Waals surface area contributed by atoms with Crippen LogP contribution in [0.4, 0.5) is 10.5 Å². The molecule has 9 nitrogen and oxygen atoms in total. The molecule has 9 heteroatoms. The lowest BCUT2D eigenvalue weighted by atomic mass is 10.0. The summed E-state index contributed by atoms with van der Waals surface area (Å²) >= 11 is 0. The summed E-state index contributed by atoms with van der Waals surface area (Å²) in [4.78, 5) is 21.0. The molecule has 1 unspecified atom stereocenters. The first-order valence-electron chi connectivity index (χ1n) is 10.6. The van der Waals surface area contributed by atoms with E-state index in [0.717, 1.165) is 5.75 Å². The predicted molar refractivity (Wildman–Crippen MR) is 128 cm³/mol. The summed E-state index contributed by atoms with van der Waals surface area (Å²) in [5, 5.41) is 14.9. The monoisotopic (exact) mass is 451 g/mol. The molecule has 33 heavy (non-hydrogen) atoms. The second-order valence-corrected chi connectivity index (χ2v) is 7.82. The topological polar surface area (TPSA) is 118 Å². The molecule has 0 aliphatic rings. The van der Waals surface area contributed by atoms with Crippen molar-refractivity contribution < 1.29 is 19.0 Å². The Bertz CT molecular complexity index is 1130. The van der Waals surface area contributed by atoms with Crippen LogP contribution in [-0.2, 0) is 0 Å². The molecule has 2 aromatic carbocycles. The number of amides is 2. The van der Waals surface area contributed by atoms with E-state index in [1.807, 2.05) is 20.8 Å². The zero-order valence-corrected chi connectivity index (χ0v) is 19.4. The van der Waals surface area contributed by atoms with Gasteiger partial charge in [0.25, 0.3) is 0 Å². The Kier molecular flexibility index (Phi) is 7.66. The maximum absolute atomic E-state index is 12.4. The number of carbonyl (C=O) groups is 1. The number of carbonyl (C=O) groups excluding carboxylic acids is 1. The summed E-state index contributed by atoms with van der Waals surface area (Å²) in [5.74, 6) is 1.82. The first kappa shape index (κ1) is 23.8. The van der Waals surface area contributed by atoms with Gasteiger partial charge in [0, 0.05) is 29.6 Å². The van der Waals surface area contributed by atoms with Gasteiger partial charge in [-0.3, -0.25) is 0 Å². The van der Waals surface area contributed by atoms with Gasteiger partial charge in [-0.25, -0.2) is 14.8 Å². The quantitative estimate of drug-likeness (QED) is 0.415. The molecule has 3 rings (SSSR count). The Hall–Kier alpha value is -3.88. The number of anilines is 1. The highest BCUT2D eigenvalue weighted by Crippen LogP contribution is 2.32. The van der Waals surface area contributed by atoms with Crippen molar-refractivity contribution in [2.75, 3.05) is 19.5 Å². The highest BCUT2D eigenvalue weighted by molar-refractivity contribution is 6.07. The Morgan fingerprint density at radius 1 is 1.03 bits per heavy atom. The van der Waals surface area contributed by atoms with Crippen LogP contribution in [0, 0.1) is 5.41 Å². The third-order valence-corrected chi connectivity index (χ3v) is 4.80. The minimum Gasteiger partial charge on any atom is -0.493 e. The van der Waals surface area contributed by atoms with Gasteiger partial charge in [0.2, 0.25) is 0 Å². The summed E-state index contributed by atoms with van der Waals surface area (Å²) in [5.41, 5.74) is 2.05. The van der Waals surface area contributed by atoms with Crippen molar-refractivity contribution >= 4 is 28.3 Å². The van der Waals surface area contributed by atoms with Crippen LogP contribution in [0.1, 0.15) is 32.9 Å². The zero-order valence-electron chi connectivity index (χ0n) is 19.4. The van der Waals surface area contributed by atoms with Crippen molar-refractivity contribution in [2.24, 2.45) is 0 Å². The maximum Gasteiger partial charge on any atom is 0.319 e. The van der Waals surface area contributed by atoms with Crippen LogP contribution < -0.4 is 24.8 Å². The van der Waals surface area contributed by atoms with Crippen LogP contribution in [0.2, 0.25) is 0 Å². The molecule has 1 aromatic heterocycles. The summed E-state index contributed by atoms with van der Waals surface area (Å²) in [6.45, 7) is 5.74. The number of urea groups is 1. The van der Waals surface area contributed by atoms with Gasteiger partial charge in [0.1, 0.15) is 12.1 Å². The fourth-order valence-electron chi connectivity index (χ4n) is 3.36. The molecule has 0 bridgehead atoms. The first-order chi connectivity index (χ1) is 15.8. The molecule has 174 valence electrons. The van der Waals surface area contributed by atoms with Gasteiger partial charge in [-0.2, -0.15) is 0 Å². The van der Waals surface area contributed by atoms with Crippen molar-refractivity contribution in [2.45, 2.75) is 39.3 Å². The second kappa shape index (κ2) is 10.6. The van der Waals surface area contributed by atoms with Gasteiger partial charge in [-0.05, 0) is 51.1 Å². The number of rotatable bonds is 9. The highest BCUT2D eigenvalue weighted by atomic mass is 16.5. The highest BCUT2D eigenvalue weighted by Gasteiger charge is 2.17. The number of nitrogens with one attached hydrogen (secondary N) is 3. The van der Waals surface area contributed by atoms with E-state index in [2.05, 4.69) is 20.6 Å². The molecule has 0 radical (unpaired) electrons. The Morgan fingerprint density at radius 3 is 2.33 bits per heavy atom. The maximum atomic E-state index is 12.4. The number of benzene rings is 2. The standard InChI is InChI=1S/C24H29N5O4/c1-14(2)33-17-8-6-16(7-9-17)29-24(30)28-15(3)10-19(25)23-18-11-21(31-4)22(32-5)12-20(18)26-13-27-23/h6-9,11-15,25H,10H2,1-5H3,(H2,28,29,30). The number of aromatic nitrogens is 2. The molecule has 1 heterocycles. The molecule has 0 spiro atoms. The molecular weight excluding hydrogens is 422 g/mol. The van der Waals surface area contributed by atoms with Crippen molar-refractivity contribution in [3.63, 3.8) is 0 Å². The molecule has 1 atom stereocenters. The summed E-state index contributed by atoms with van der Waals surface area (Å²) in [6.07, 6.45) is 1.78. The molecule has 3 N–H and O–H groups in total. The van der Waals surface area contributed by atoms with E-state index >= 15 is 0 Å². The van der Waals surface area contributed by atoms with E-state index in [9.17, 15) is 4.79 Å². The third kappa shape index (κ3) is 6.09. The number of hydrogen-bond acceptors (Lipinski definition) is 7. The predicted octanol–water partition coefficient (Wildman–Crippen LogP) is 4.40. The summed E-state index contributed by atoms with van der Waals surface area (Å²) in [7, 11) is 3.11. The molecule has 3 aromatic rings. The minimum atomic E-state index is -0.355. The lowest BCUT2D eigenvalue weighted by Crippen LogP contribution is -2.37. The molecule has 2 amide bonds. The third-order valence-electron chi connectivity index (χ3n) is 4.80. The van der Waals surface area contributed by atoms with Crippen molar-refractivity contribution in [1.29, 1.82) is 5.41 Å². The van der Waals surface area contributed by atoms with Crippen LogP contribution in [0.25, 0.3) is 10.9 Å². The Balaban J connectivity index is 1.64. The van der Waals surface area contributed by atoms with Gasteiger partial charge >= 0.3 is 6.03 Å². The average Bonchev–Trinajstić information content (AvgIpc) is 2.78. The summed E-state index contributed by atoms with van der Waals surface area (Å²) in [6, 6.07) is 10.0. The lowest BCUT2D eigenvalue weighted by molar-refractivity contribution is 0.242. The van der Waals surface area contributed by atoms with E-state index in [0.29, 0.717) is 33.8 Å². The van der Waals surface area contributed by atoms with Crippen LogP contribution in [-0.4, -0.2) is 48.1 Å². The van der Waals surface area contributed by atoms with Gasteiger partial charge in [0.05, 0.1) is 37.2 Å².